The van der Waals surface area contributed by atoms with Crippen molar-refractivity contribution in [1.82, 2.24) is 0 Å². The Hall–Kier alpha value is -4.07. The molecule has 1 N–H and O–H groups in total. The van der Waals surface area contributed by atoms with Gasteiger partial charge in [0, 0.05) is 11.8 Å². The molecule has 3 aromatic rings. The van der Waals surface area contributed by atoms with Gasteiger partial charge in [-0.3, -0.25) is 9.59 Å². The predicted octanol–water partition coefficient (Wildman–Crippen LogP) is 4.51. The first kappa shape index (κ1) is 20.2. The Morgan fingerprint density at radius 1 is 0.839 bits per heavy atom. The number of hydrogen-bond acceptors (Lipinski definition) is 4. The molecule has 1 aliphatic heterocycles. The molecule has 5 nitrogen and oxygen atoms in total. The van der Waals surface area contributed by atoms with Gasteiger partial charge in [-0.05, 0) is 48.0 Å². The summed E-state index contributed by atoms with van der Waals surface area (Å²) in [5.41, 5.74) is 0.389. The average Bonchev–Trinajstić information content (AvgIpc) is 3.00. The molecular formula is C23H15F3N2O3. The third-order valence-corrected chi connectivity index (χ3v) is 4.72. The van der Waals surface area contributed by atoms with Crippen LogP contribution in [0, 0.1) is 17.5 Å². The highest BCUT2D eigenvalue weighted by atomic mass is 19.2. The normalized spacial score (nSPS) is 13.7. The summed E-state index contributed by atoms with van der Waals surface area (Å²) in [7, 11) is 1.49. The molecule has 0 atom stereocenters. The first-order chi connectivity index (χ1) is 14.9. The highest BCUT2D eigenvalue weighted by molar-refractivity contribution is 6.46. The SMILES string of the molecule is COc1ccc(C2=C(Nc3cccc(F)c3)C(=O)N(c3ccc(F)c(F)c3)C2=O)cc1. The van der Waals surface area contributed by atoms with E-state index in [1.54, 1.807) is 24.3 Å². The Labute approximate surface area is 175 Å². The number of methoxy groups -OCH3 is 1. The topological polar surface area (TPSA) is 58.6 Å². The smallest absolute Gasteiger partial charge is 0.282 e. The molecular weight excluding hydrogens is 409 g/mol. The first-order valence-electron chi connectivity index (χ1n) is 9.14. The monoisotopic (exact) mass is 424 g/mol. The summed E-state index contributed by atoms with van der Waals surface area (Å²) < 4.78 is 45.9. The van der Waals surface area contributed by atoms with Crippen molar-refractivity contribution >= 4 is 28.8 Å². The zero-order chi connectivity index (χ0) is 22.1. The van der Waals surface area contributed by atoms with Gasteiger partial charge in [-0.1, -0.05) is 18.2 Å². The van der Waals surface area contributed by atoms with Gasteiger partial charge in [-0.25, -0.2) is 18.1 Å². The lowest BCUT2D eigenvalue weighted by atomic mass is 10.0. The molecule has 156 valence electrons. The van der Waals surface area contributed by atoms with Crippen LogP contribution in [0.2, 0.25) is 0 Å². The number of carbonyl (C=O) groups excluding carboxylic acids is 2. The first-order valence-corrected chi connectivity index (χ1v) is 9.14. The molecule has 8 heteroatoms. The van der Waals surface area contributed by atoms with Gasteiger partial charge in [0.1, 0.15) is 17.3 Å². The van der Waals surface area contributed by atoms with Gasteiger partial charge in [-0.15, -0.1) is 0 Å². The van der Waals surface area contributed by atoms with E-state index in [9.17, 15) is 22.8 Å². The fourth-order valence-electron chi connectivity index (χ4n) is 3.24. The molecule has 1 heterocycles. The van der Waals surface area contributed by atoms with Gasteiger partial charge < -0.3 is 10.1 Å². The minimum atomic E-state index is -1.20. The van der Waals surface area contributed by atoms with E-state index >= 15 is 0 Å². The molecule has 31 heavy (non-hydrogen) atoms. The quantitative estimate of drug-likeness (QED) is 0.613. The minimum Gasteiger partial charge on any atom is -0.497 e. The molecule has 2 amide bonds. The van der Waals surface area contributed by atoms with E-state index in [0.29, 0.717) is 11.3 Å². The lowest BCUT2D eigenvalue weighted by molar-refractivity contribution is -0.120. The minimum absolute atomic E-state index is 0.00153. The van der Waals surface area contributed by atoms with Crippen molar-refractivity contribution < 1.29 is 27.5 Å². The number of nitrogens with zero attached hydrogens (tertiary/aromatic N) is 1. The van der Waals surface area contributed by atoms with Crippen LogP contribution in [0.3, 0.4) is 0 Å². The Balaban J connectivity index is 1.82. The van der Waals surface area contributed by atoms with Crippen LogP contribution in [-0.2, 0) is 9.59 Å². The second-order valence-corrected chi connectivity index (χ2v) is 6.66. The van der Waals surface area contributed by atoms with Crippen LogP contribution in [0.4, 0.5) is 24.5 Å². The van der Waals surface area contributed by atoms with E-state index < -0.39 is 29.3 Å². The van der Waals surface area contributed by atoms with Gasteiger partial charge in [0.15, 0.2) is 11.6 Å². The number of anilines is 2. The number of amides is 2. The van der Waals surface area contributed by atoms with Crippen LogP contribution in [0.25, 0.3) is 5.57 Å². The maximum Gasteiger partial charge on any atom is 0.282 e. The molecule has 0 spiro atoms. The second-order valence-electron chi connectivity index (χ2n) is 6.66. The maximum absolute atomic E-state index is 13.8. The van der Waals surface area contributed by atoms with Crippen LogP contribution in [0.15, 0.2) is 72.4 Å². The fourth-order valence-corrected chi connectivity index (χ4v) is 3.24. The molecule has 4 rings (SSSR count). The van der Waals surface area contributed by atoms with Gasteiger partial charge in [0.05, 0.1) is 18.4 Å². The number of carbonyl (C=O) groups is 2. The van der Waals surface area contributed by atoms with E-state index in [1.165, 1.54) is 25.3 Å². The maximum atomic E-state index is 13.8. The molecule has 0 unspecified atom stereocenters. The molecule has 0 radical (unpaired) electrons. The Morgan fingerprint density at radius 2 is 1.58 bits per heavy atom. The molecule has 0 fully saturated rings. The van der Waals surface area contributed by atoms with Crippen molar-refractivity contribution in [3.05, 3.63) is 95.4 Å². The van der Waals surface area contributed by atoms with Crippen LogP contribution < -0.4 is 15.0 Å². The zero-order valence-corrected chi connectivity index (χ0v) is 16.2. The number of hydrogen-bond donors (Lipinski definition) is 1. The zero-order valence-electron chi connectivity index (χ0n) is 16.2. The van der Waals surface area contributed by atoms with Gasteiger partial charge in [0.25, 0.3) is 11.8 Å². The van der Waals surface area contributed by atoms with Crippen molar-refractivity contribution in [1.29, 1.82) is 0 Å². The number of halogens is 3. The summed E-state index contributed by atoms with van der Waals surface area (Å²) in [5, 5.41) is 2.79. The second kappa shape index (κ2) is 7.98. The van der Waals surface area contributed by atoms with Crippen molar-refractivity contribution in [3.63, 3.8) is 0 Å². The number of rotatable bonds is 5. The summed E-state index contributed by atoms with van der Waals surface area (Å²) >= 11 is 0. The summed E-state index contributed by atoms with van der Waals surface area (Å²) in [6, 6.07) is 14.5. The van der Waals surface area contributed by atoms with Crippen molar-refractivity contribution in [2.45, 2.75) is 0 Å². The van der Waals surface area contributed by atoms with E-state index in [1.807, 2.05) is 0 Å². The van der Waals surface area contributed by atoms with E-state index in [2.05, 4.69) is 5.32 Å². The Morgan fingerprint density at radius 3 is 2.23 bits per heavy atom. The van der Waals surface area contributed by atoms with Gasteiger partial charge in [-0.2, -0.15) is 0 Å². The molecule has 0 saturated heterocycles. The highest BCUT2D eigenvalue weighted by Gasteiger charge is 2.40. The molecule has 0 aliphatic carbocycles. The average molecular weight is 424 g/mol. The van der Waals surface area contributed by atoms with Crippen molar-refractivity contribution in [2.24, 2.45) is 0 Å². The van der Waals surface area contributed by atoms with E-state index in [4.69, 9.17) is 4.74 Å². The van der Waals surface area contributed by atoms with Gasteiger partial charge in [0.2, 0.25) is 0 Å². The predicted molar refractivity (Wildman–Crippen MR) is 109 cm³/mol. The highest BCUT2D eigenvalue weighted by Crippen LogP contribution is 2.34. The van der Waals surface area contributed by atoms with Crippen LogP contribution in [0.1, 0.15) is 5.56 Å². The lowest BCUT2D eigenvalue weighted by Gasteiger charge is -2.15. The van der Waals surface area contributed by atoms with Crippen LogP contribution in [-0.4, -0.2) is 18.9 Å². The van der Waals surface area contributed by atoms with Gasteiger partial charge >= 0.3 is 0 Å². The van der Waals surface area contributed by atoms with Crippen LogP contribution in [0.5, 0.6) is 5.75 Å². The number of nitrogens with one attached hydrogen (secondary N) is 1. The number of ether oxygens (including phenoxy) is 1. The van der Waals surface area contributed by atoms with Crippen LogP contribution >= 0.6 is 0 Å². The number of imide groups is 1. The molecule has 0 saturated carbocycles. The third-order valence-electron chi connectivity index (χ3n) is 4.72. The summed E-state index contributed by atoms with van der Waals surface area (Å²) in [5.74, 6) is -3.82. The van der Waals surface area contributed by atoms with Crippen molar-refractivity contribution in [3.8, 4) is 5.75 Å². The molecule has 1 aliphatic rings. The number of benzene rings is 3. The fraction of sp³-hybridized carbons (Fsp3) is 0.0435. The van der Waals surface area contributed by atoms with E-state index in [-0.39, 0.29) is 22.6 Å². The molecule has 0 aromatic heterocycles. The lowest BCUT2D eigenvalue weighted by Crippen LogP contribution is -2.32. The summed E-state index contributed by atoms with van der Waals surface area (Å²) in [6.07, 6.45) is 0. The van der Waals surface area contributed by atoms with E-state index in [0.717, 1.165) is 29.2 Å². The Kier molecular flexibility index (Phi) is 5.21. The summed E-state index contributed by atoms with van der Waals surface area (Å²) in [6.45, 7) is 0. The summed E-state index contributed by atoms with van der Waals surface area (Å²) in [4.78, 5) is 27.1. The third kappa shape index (κ3) is 3.75. The molecule has 0 bridgehead atoms. The largest absolute Gasteiger partial charge is 0.497 e. The Bertz CT molecular complexity index is 1220. The van der Waals surface area contributed by atoms with Crippen molar-refractivity contribution in [2.75, 3.05) is 17.3 Å². The standard InChI is InChI=1S/C23H15F3N2O3/c1-31-17-8-5-13(6-9-17)20-21(27-15-4-2-3-14(24)11-15)23(30)28(22(20)29)16-7-10-18(25)19(26)12-16/h2-12,27H,1H3. The molecule has 3 aromatic carbocycles.